The number of carboxylic acid groups (broad SMARTS) is 1. The molecule has 0 aliphatic heterocycles. The normalized spacial score (nSPS) is 12.8. The van der Waals surface area contributed by atoms with E-state index < -0.39 is 5.97 Å². The second-order valence-electron chi connectivity index (χ2n) is 4.60. The van der Waals surface area contributed by atoms with Crippen molar-refractivity contribution in [2.24, 2.45) is 13.0 Å². The number of aryl methyl sites for hydroxylation is 2. The molecule has 2 aromatic rings. The Morgan fingerprint density at radius 2 is 2.18 bits per heavy atom. The first-order chi connectivity index (χ1) is 8.08. The molecule has 1 aromatic heterocycles. The highest BCUT2D eigenvalue weighted by Gasteiger charge is 2.10. The number of hydrogen-bond acceptors (Lipinski definition) is 1. The monoisotopic (exact) mass is 231 g/mol. The van der Waals surface area contributed by atoms with E-state index in [-0.39, 0.29) is 5.92 Å². The third-order valence-corrected chi connectivity index (χ3v) is 3.24. The zero-order valence-corrected chi connectivity index (χ0v) is 10.2. The summed E-state index contributed by atoms with van der Waals surface area (Å²) in [7, 11) is 2.02. The van der Waals surface area contributed by atoms with E-state index in [1.807, 2.05) is 13.2 Å². The molecule has 0 bridgehead atoms. The summed E-state index contributed by atoms with van der Waals surface area (Å²) >= 11 is 0. The largest absolute Gasteiger partial charge is 0.481 e. The third-order valence-electron chi connectivity index (χ3n) is 3.24. The molecule has 1 unspecified atom stereocenters. The molecular weight excluding hydrogens is 214 g/mol. The predicted molar refractivity (Wildman–Crippen MR) is 68.0 cm³/mol. The molecule has 1 N–H and O–H groups in total. The highest BCUT2D eigenvalue weighted by atomic mass is 16.4. The van der Waals surface area contributed by atoms with Crippen LogP contribution in [0.15, 0.2) is 30.5 Å². The maximum Gasteiger partial charge on any atom is 0.306 e. The minimum Gasteiger partial charge on any atom is -0.481 e. The van der Waals surface area contributed by atoms with Gasteiger partial charge in [-0.25, -0.2) is 0 Å². The van der Waals surface area contributed by atoms with Crippen LogP contribution in [0.5, 0.6) is 0 Å². The quantitative estimate of drug-likeness (QED) is 0.879. The van der Waals surface area contributed by atoms with Gasteiger partial charge in [0.2, 0.25) is 0 Å². The Bertz CT molecular complexity index is 542. The number of nitrogens with zero attached hydrogens (tertiary/aromatic N) is 1. The standard InChI is InChI=1S/C14H17NO2/c1-10(14(16)17)3-4-11-5-6-12-7-8-15(2)13(12)9-11/h5-10H,3-4H2,1-2H3,(H,16,17). The van der Waals surface area contributed by atoms with Crippen LogP contribution in [0.4, 0.5) is 0 Å². The lowest BCUT2D eigenvalue weighted by Gasteiger charge is -2.06. The van der Waals surface area contributed by atoms with E-state index in [0.717, 1.165) is 6.42 Å². The van der Waals surface area contributed by atoms with Gasteiger partial charge in [-0.3, -0.25) is 4.79 Å². The second kappa shape index (κ2) is 4.62. The summed E-state index contributed by atoms with van der Waals surface area (Å²) in [5.41, 5.74) is 2.40. The number of aliphatic carboxylic acids is 1. The van der Waals surface area contributed by atoms with Crippen molar-refractivity contribution in [2.45, 2.75) is 19.8 Å². The summed E-state index contributed by atoms with van der Waals surface area (Å²) < 4.78 is 2.08. The molecule has 2 rings (SSSR count). The second-order valence-corrected chi connectivity index (χ2v) is 4.60. The van der Waals surface area contributed by atoms with Gasteiger partial charge in [0.15, 0.2) is 0 Å². The number of fused-ring (bicyclic) bond motifs is 1. The van der Waals surface area contributed by atoms with E-state index in [9.17, 15) is 4.79 Å². The Kier molecular flexibility index (Phi) is 3.18. The van der Waals surface area contributed by atoms with Crippen LogP contribution < -0.4 is 0 Å². The van der Waals surface area contributed by atoms with Gasteiger partial charge in [-0.15, -0.1) is 0 Å². The van der Waals surface area contributed by atoms with E-state index in [2.05, 4.69) is 28.8 Å². The van der Waals surface area contributed by atoms with Crippen molar-refractivity contribution in [3.05, 3.63) is 36.0 Å². The van der Waals surface area contributed by atoms with Gasteiger partial charge in [-0.2, -0.15) is 0 Å². The molecule has 3 heteroatoms. The number of rotatable bonds is 4. The molecule has 0 fully saturated rings. The van der Waals surface area contributed by atoms with Gasteiger partial charge < -0.3 is 9.67 Å². The molecule has 0 aliphatic rings. The zero-order valence-electron chi connectivity index (χ0n) is 10.2. The summed E-state index contributed by atoms with van der Waals surface area (Å²) in [6.07, 6.45) is 3.54. The summed E-state index contributed by atoms with van der Waals surface area (Å²) in [6, 6.07) is 8.40. The molecule has 17 heavy (non-hydrogen) atoms. The Hall–Kier alpha value is -1.77. The molecule has 0 radical (unpaired) electrons. The van der Waals surface area contributed by atoms with Crippen LogP contribution in [0.1, 0.15) is 18.9 Å². The minimum absolute atomic E-state index is 0.279. The Morgan fingerprint density at radius 1 is 1.41 bits per heavy atom. The molecule has 1 aromatic carbocycles. The number of carboxylic acids is 1. The van der Waals surface area contributed by atoms with Crippen molar-refractivity contribution >= 4 is 16.9 Å². The lowest BCUT2D eigenvalue weighted by molar-refractivity contribution is -0.141. The molecule has 1 heterocycles. The van der Waals surface area contributed by atoms with Gasteiger partial charge in [0.25, 0.3) is 0 Å². The van der Waals surface area contributed by atoms with Crippen LogP contribution in [0.2, 0.25) is 0 Å². The molecule has 0 spiro atoms. The van der Waals surface area contributed by atoms with Gasteiger partial charge in [-0.1, -0.05) is 19.1 Å². The van der Waals surface area contributed by atoms with E-state index in [4.69, 9.17) is 5.11 Å². The van der Waals surface area contributed by atoms with Crippen LogP contribution in [-0.4, -0.2) is 15.6 Å². The topological polar surface area (TPSA) is 42.2 Å². The summed E-state index contributed by atoms with van der Waals surface area (Å²) in [5, 5.41) is 10.1. The van der Waals surface area contributed by atoms with Crippen molar-refractivity contribution < 1.29 is 9.90 Å². The van der Waals surface area contributed by atoms with E-state index >= 15 is 0 Å². The SMILES string of the molecule is CC(CCc1ccc2ccn(C)c2c1)C(=O)O. The van der Waals surface area contributed by atoms with Crippen LogP contribution in [0.25, 0.3) is 10.9 Å². The van der Waals surface area contributed by atoms with Gasteiger partial charge in [0.1, 0.15) is 0 Å². The van der Waals surface area contributed by atoms with Crippen LogP contribution in [-0.2, 0) is 18.3 Å². The van der Waals surface area contributed by atoms with Crippen molar-refractivity contribution in [1.29, 1.82) is 0 Å². The van der Waals surface area contributed by atoms with Gasteiger partial charge in [0.05, 0.1) is 5.92 Å². The average Bonchev–Trinajstić information content (AvgIpc) is 2.68. The number of aromatic nitrogens is 1. The fourth-order valence-electron chi connectivity index (χ4n) is 1.97. The summed E-state index contributed by atoms with van der Waals surface area (Å²) in [4.78, 5) is 10.7. The first kappa shape index (κ1) is 11.7. The smallest absolute Gasteiger partial charge is 0.306 e. The highest BCUT2D eigenvalue weighted by molar-refractivity contribution is 5.80. The van der Waals surface area contributed by atoms with Crippen LogP contribution in [0.3, 0.4) is 0 Å². The van der Waals surface area contributed by atoms with Gasteiger partial charge in [-0.05, 0) is 35.9 Å². The predicted octanol–water partition coefficient (Wildman–Crippen LogP) is 2.83. The van der Waals surface area contributed by atoms with Crippen molar-refractivity contribution in [3.63, 3.8) is 0 Å². The lowest BCUT2D eigenvalue weighted by Crippen LogP contribution is -2.10. The van der Waals surface area contributed by atoms with E-state index in [1.54, 1.807) is 6.92 Å². The molecule has 3 nitrogen and oxygen atoms in total. The lowest BCUT2D eigenvalue weighted by atomic mass is 10.0. The molecule has 0 saturated heterocycles. The highest BCUT2D eigenvalue weighted by Crippen LogP contribution is 2.18. The van der Waals surface area contributed by atoms with Crippen LogP contribution >= 0.6 is 0 Å². The molecule has 90 valence electrons. The molecule has 0 amide bonds. The summed E-state index contributed by atoms with van der Waals surface area (Å²) in [6.45, 7) is 1.75. The Morgan fingerprint density at radius 3 is 2.88 bits per heavy atom. The average molecular weight is 231 g/mol. The molecule has 0 aliphatic carbocycles. The molecular formula is C14H17NO2. The number of benzene rings is 1. The maximum atomic E-state index is 10.7. The third kappa shape index (κ3) is 2.49. The van der Waals surface area contributed by atoms with E-state index in [0.29, 0.717) is 6.42 Å². The number of hydrogen-bond donors (Lipinski definition) is 1. The minimum atomic E-state index is -0.718. The van der Waals surface area contributed by atoms with Gasteiger partial charge in [0, 0.05) is 18.8 Å². The zero-order chi connectivity index (χ0) is 12.4. The summed E-state index contributed by atoms with van der Waals surface area (Å²) in [5.74, 6) is -0.996. The first-order valence-corrected chi connectivity index (χ1v) is 5.84. The fourth-order valence-corrected chi connectivity index (χ4v) is 1.97. The molecule has 0 saturated carbocycles. The molecule has 1 atom stereocenters. The first-order valence-electron chi connectivity index (χ1n) is 5.84. The van der Waals surface area contributed by atoms with Crippen molar-refractivity contribution in [3.8, 4) is 0 Å². The number of carbonyl (C=O) groups is 1. The maximum absolute atomic E-state index is 10.7. The Balaban J connectivity index is 2.14. The van der Waals surface area contributed by atoms with Crippen molar-refractivity contribution in [1.82, 2.24) is 4.57 Å². The van der Waals surface area contributed by atoms with Gasteiger partial charge >= 0.3 is 5.97 Å². The van der Waals surface area contributed by atoms with Crippen LogP contribution in [0, 0.1) is 5.92 Å². The van der Waals surface area contributed by atoms with E-state index in [1.165, 1.54) is 16.5 Å². The fraction of sp³-hybridized carbons (Fsp3) is 0.357. The van der Waals surface area contributed by atoms with Crippen molar-refractivity contribution in [2.75, 3.05) is 0 Å². The Labute approximate surface area is 101 Å².